The van der Waals surface area contributed by atoms with Gasteiger partial charge >= 0.3 is 0 Å². The first kappa shape index (κ1) is 10.6. The normalized spacial score (nSPS) is 9.64. The third kappa shape index (κ3) is 2.51. The molecule has 0 aliphatic heterocycles. The van der Waals surface area contributed by atoms with E-state index >= 15 is 0 Å². The fraction of sp³-hybridized carbons (Fsp3) is 0.333. The third-order valence-electron chi connectivity index (χ3n) is 1.79. The van der Waals surface area contributed by atoms with Crippen LogP contribution in [0, 0.1) is 0 Å². The Kier molecular flexibility index (Phi) is 4.03. The molecule has 0 aliphatic rings. The Bertz CT molecular complexity index is 291. The summed E-state index contributed by atoms with van der Waals surface area (Å²) in [5.41, 5.74) is 3.37. The molecule has 0 heterocycles. The lowest BCUT2D eigenvalue weighted by molar-refractivity contribution is 0.395. The molecule has 1 aromatic carbocycles. The molecule has 4 N–H and O–H groups in total. The van der Waals surface area contributed by atoms with Crippen LogP contribution in [-0.2, 0) is 0 Å². The molecule has 0 bridgehead atoms. The molecular formula is C9H15N3O2. The number of nitrogens with one attached hydrogen (secondary N) is 2. The van der Waals surface area contributed by atoms with Crippen molar-refractivity contribution in [2.24, 2.45) is 5.84 Å². The molecule has 0 atom stereocenters. The molecule has 0 radical (unpaired) electrons. The monoisotopic (exact) mass is 197 g/mol. The van der Waals surface area contributed by atoms with Crippen molar-refractivity contribution in [2.45, 2.75) is 0 Å². The van der Waals surface area contributed by atoms with Crippen molar-refractivity contribution in [1.82, 2.24) is 5.43 Å². The molecule has 1 rings (SSSR count). The first-order chi connectivity index (χ1) is 6.81. The first-order valence-corrected chi connectivity index (χ1v) is 4.21. The first-order valence-electron chi connectivity index (χ1n) is 4.21. The maximum Gasteiger partial charge on any atom is 0.145 e. The number of methoxy groups -OCH3 is 2. The lowest BCUT2D eigenvalue weighted by Crippen LogP contribution is -2.28. The van der Waals surface area contributed by atoms with Gasteiger partial charge in [0.1, 0.15) is 11.5 Å². The van der Waals surface area contributed by atoms with Crippen molar-refractivity contribution >= 4 is 5.69 Å². The van der Waals surface area contributed by atoms with Crippen molar-refractivity contribution in [3.05, 3.63) is 18.2 Å². The van der Waals surface area contributed by atoms with Gasteiger partial charge in [0.2, 0.25) is 0 Å². The van der Waals surface area contributed by atoms with Gasteiger partial charge in [0.15, 0.2) is 0 Å². The third-order valence-corrected chi connectivity index (χ3v) is 1.79. The average molecular weight is 197 g/mol. The van der Waals surface area contributed by atoms with Crippen molar-refractivity contribution in [3.63, 3.8) is 0 Å². The molecule has 0 amide bonds. The lowest BCUT2D eigenvalue weighted by Gasteiger charge is -2.11. The summed E-state index contributed by atoms with van der Waals surface area (Å²) in [4.78, 5) is 0. The number of benzene rings is 1. The summed E-state index contributed by atoms with van der Waals surface area (Å²) in [6, 6.07) is 5.52. The van der Waals surface area contributed by atoms with Crippen LogP contribution in [0.25, 0.3) is 0 Å². The van der Waals surface area contributed by atoms with Crippen LogP contribution in [0.15, 0.2) is 18.2 Å². The highest BCUT2D eigenvalue weighted by atomic mass is 16.5. The van der Waals surface area contributed by atoms with Crippen molar-refractivity contribution in [2.75, 3.05) is 26.2 Å². The molecule has 0 saturated heterocycles. The number of hydrogen-bond acceptors (Lipinski definition) is 5. The topological polar surface area (TPSA) is 68.5 Å². The van der Waals surface area contributed by atoms with E-state index in [4.69, 9.17) is 15.3 Å². The van der Waals surface area contributed by atoms with E-state index in [0.717, 1.165) is 17.2 Å². The Morgan fingerprint density at radius 1 is 1.29 bits per heavy atom. The predicted octanol–water partition coefficient (Wildman–Crippen LogP) is 0.536. The van der Waals surface area contributed by atoms with Gasteiger partial charge in [-0.2, -0.15) is 0 Å². The van der Waals surface area contributed by atoms with E-state index in [-0.39, 0.29) is 0 Å². The summed E-state index contributed by atoms with van der Waals surface area (Å²) < 4.78 is 10.2. The Hall–Kier alpha value is -1.46. The summed E-state index contributed by atoms with van der Waals surface area (Å²) in [5.74, 6) is 6.63. The summed E-state index contributed by atoms with van der Waals surface area (Å²) in [6.07, 6.45) is 0. The molecular weight excluding hydrogens is 182 g/mol. The zero-order valence-electron chi connectivity index (χ0n) is 8.33. The molecule has 0 aliphatic carbocycles. The Morgan fingerprint density at radius 2 is 2.07 bits per heavy atom. The summed E-state index contributed by atoms with van der Waals surface area (Å²) >= 11 is 0. The quantitative estimate of drug-likeness (QED) is 0.365. The largest absolute Gasteiger partial charge is 0.497 e. The van der Waals surface area contributed by atoms with Gasteiger partial charge in [-0.3, -0.25) is 5.84 Å². The molecule has 0 spiro atoms. The van der Waals surface area contributed by atoms with Gasteiger partial charge in [0.05, 0.1) is 26.6 Å². The van der Waals surface area contributed by atoms with Crippen LogP contribution in [0.1, 0.15) is 0 Å². The fourth-order valence-corrected chi connectivity index (χ4v) is 1.09. The van der Waals surface area contributed by atoms with Crippen LogP contribution in [0.3, 0.4) is 0 Å². The maximum atomic E-state index is 5.17. The van der Waals surface area contributed by atoms with Crippen molar-refractivity contribution < 1.29 is 9.47 Å². The van der Waals surface area contributed by atoms with Crippen molar-refractivity contribution in [1.29, 1.82) is 0 Å². The van der Waals surface area contributed by atoms with E-state index in [1.807, 2.05) is 12.1 Å². The second-order valence-electron chi connectivity index (χ2n) is 2.62. The highest BCUT2D eigenvalue weighted by molar-refractivity contribution is 5.59. The van der Waals surface area contributed by atoms with Crippen LogP contribution in [-0.4, -0.2) is 20.9 Å². The van der Waals surface area contributed by atoms with E-state index < -0.39 is 0 Å². The van der Waals surface area contributed by atoms with Gasteiger partial charge in [0.25, 0.3) is 0 Å². The van der Waals surface area contributed by atoms with Gasteiger partial charge in [0, 0.05) is 6.07 Å². The van der Waals surface area contributed by atoms with Crippen LogP contribution in [0.5, 0.6) is 11.5 Å². The van der Waals surface area contributed by atoms with Crippen molar-refractivity contribution in [3.8, 4) is 11.5 Å². The van der Waals surface area contributed by atoms with Gasteiger partial charge in [-0.1, -0.05) is 0 Å². The van der Waals surface area contributed by atoms with E-state index in [9.17, 15) is 0 Å². The van der Waals surface area contributed by atoms with Gasteiger partial charge in [-0.15, -0.1) is 0 Å². The molecule has 78 valence electrons. The van der Waals surface area contributed by atoms with E-state index in [2.05, 4.69) is 10.7 Å². The fourth-order valence-electron chi connectivity index (χ4n) is 1.09. The zero-order chi connectivity index (χ0) is 10.4. The molecule has 0 fully saturated rings. The number of rotatable bonds is 5. The minimum Gasteiger partial charge on any atom is -0.497 e. The predicted molar refractivity (Wildman–Crippen MR) is 55.4 cm³/mol. The summed E-state index contributed by atoms with van der Waals surface area (Å²) in [5, 5.41) is 3.05. The van der Waals surface area contributed by atoms with E-state index in [1.54, 1.807) is 20.3 Å². The minimum atomic E-state index is 0.475. The number of anilines is 1. The molecule has 14 heavy (non-hydrogen) atoms. The smallest absolute Gasteiger partial charge is 0.145 e. The Morgan fingerprint density at radius 3 is 2.64 bits per heavy atom. The van der Waals surface area contributed by atoms with Gasteiger partial charge < -0.3 is 14.8 Å². The molecule has 0 unspecified atom stereocenters. The minimum absolute atomic E-state index is 0.475. The van der Waals surface area contributed by atoms with Gasteiger partial charge in [-0.05, 0) is 12.1 Å². The molecule has 0 saturated carbocycles. The number of hydrazine groups is 1. The summed E-state index contributed by atoms with van der Waals surface area (Å²) in [7, 11) is 3.22. The van der Waals surface area contributed by atoms with E-state index in [0.29, 0.717) is 6.67 Å². The van der Waals surface area contributed by atoms with Crippen LogP contribution >= 0.6 is 0 Å². The Labute approximate surface area is 83.2 Å². The zero-order valence-corrected chi connectivity index (χ0v) is 8.33. The van der Waals surface area contributed by atoms with Gasteiger partial charge in [-0.25, -0.2) is 5.43 Å². The highest BCUT2D eigenvalue weighted by Crippen LogP contribution is 2.28. The SMILES string of the molecule is COc1ccc(NCNN)c(OC)c1. The molecule has 0 aromatic heterocycles. The molecule has 5 nitrogen and oxygen atoms in total. The second-order valence-corrected chi connectivity index (χ2v) is 2.62. The van der Waals surface area contributed by atoms with E-state index in [1.165, 1.54) is 0 Å². The average Bonchev–Trinajstić information content (AvgIpc) is 2.26. The number of nitrogens with two attached hydrogens (primary N) is 1. The number of hydrogen-bond donors (Lipinski definition) is 3. The Balaban J connectivity index is 2.82. The van der Waals surface area contributed by atoms with Crippen LogP contribution < -0.4 is 26.1 Å². The standard InChI is InChI=1S/C9H15N3O2/c1-13-7-3-4-8(11-6-12-10)9(5-7)14-2/h3-5,11-12H,6,10H2,1-2H3. The van der Waals surface area contributed by atoms with Crippen LogP contribution in [0.2, 0.25) is 0 Å². The highest BCUT2D eigenvalue weighted by Gasteiger charge is 2.03. The lowest BCUT2D eigenvalue weighted by atomic mass is 10.3. The maximum absolute atomic E-state index is 5.17. The second kappa shape index (κ2) is 5.31. The summed E-state index contributed by atoms with van der Waals surface area (Å²) in [6.45, 7) is 0.475. The number of ether oxygens (including phenoxy) is 2. The molecule has 1 aromatic rings. The molecule has 5 heteroatoms. The van der Waals surface area contributed by atoms with Crippen LogP contribution in [0.4, 0.5) is 5.69 Å².